The highest BCUT2D eigenvalue weighted by Gasteiger charge is 2.25. The Bertz CT molecular complexity index is 1040. The second-order valence-corrected chi connectivity index (χ2v) is 8.22. The number of likely N-dealkylation sites (tertiary alicyclic amines) is 1. The van der Waals surface area contributed by atoms with Crippen LogP contribution < -0.4 is 5.32 Å². The van der Waals surface area contributed by atoms with Crippen molar-refractivity contribution in [3.05, 3.63) is 70.9 Å². The summed E-state index contributed by atoms with van der Waals surface area (Å²) >= 11 is 0. The Morgan fingerprint density at radius 3 is 2.70 bits per heavy atom. The van der Waals surface area contributed by atoms with Gasteiger partial charge < -0.3 is 15.0 Å². The molecule has 0 spiro atoms. The lowest BCUT2D eigenvalue weighted by molar-refractivity contribution is 0.0684. The topological polar surface area (TPSA) is 57.5 Å². The number of nitrogens with zero attached hydrogens (tertiary/aromatic N) is 2. The van der Waals surface area contributed by atoms with Crippen molar-refractivity contribution < 1.29 is 9.90 Å². The summed E-state index contributed by atoms with van der Waals surface area (Å²) in [6, 6.07) is 16.8. The van der Waals surface area contributed by atoms with Crippen molar-refractivity contribution in [3.8, 4) is 0 Å². The molecule has 4 rings (SSSR count). The molecule has 1 fully saturated rings. The van der Waals surface area contributed by atoms with Crippen molar-refractivity contribution in [1.29, 1.82) is 0 Å². The molecule has 1 atom stereocenters. The lowest BCUT2D eigenvalue weighted by atomic mass is 10.1. The fraction of sp³-hybridized carbons (Fsp3) is 0.400. The van der Waals surface area contributed by atoms with E-state index in [1.165, 1.54) is 24.9 Å². The molecule has 0 bridgehead atoms. The Labute approximate surface area is 178 Å². The quantitative estimate of drug-likeness (QED) is 0.588. The van der Waals surface area contributed by atoms with E-state index in [2.05, 4.69) is 36.2 Å². The van der Waals surface area contributed by atoms with Crippen molar-refractivity contribution in [2.75, 3.05) is 19.6 Å². The molecular weight excluding hydrogens is 374 g/mol. The number of rotatable bonds is 8. The summed E-state index contributed by atoms with van der Waals surface area (Å²) in [6.07, 6.45) is 2.46. The number of carbonyl (C=O) groups is 1. The summed E-state index contributed by atoms with van der Waals surface area (Å²) in [7, 11) is 0. The highest BCUT2D eigenvalue weighted by molar-refractivity contribution is 5.98. The van der Waals surface area contributed by atoms with Gasteiger partial charge in [0.25, 0.3) is 0 Å². The van der Waals surface area contributed by atoms with Gasteiger partial charge in [-0.1, -0.05) is 49.4 Å². The number of carboxylic acids is 1. The van der Waals surface area contributed by atoms with Crippen molar-refractivity contribution in [3.63, 3.8) is 0 Å². The molecule has 0 radical (unpaired) electrons. The van der Waals surface area contributed by atoms with Gasteiger partial charge >= 0.3 is 5.97 Å². The van der Waals surface area contributed by atoms with Gasteiger partial charge in [0.1, 0.15) is 5.69 Å². The predicted molar refractivity (Wildman–Crippen MR) is 121 cm³/mol. The fourth-order valence-corrected chi connectivity index (χ4v) is 4.83. The number of hydrogen-bond acceptors (Lipinski definition) is 3. The molecule has 0 aliphatic carbocycles. The molecule has 158 valence electrons. The number of hydrogen-bond donors (Lipinski definition) is 2. The predicted octanol–water partition coefficient (Wildman–Crippen LogP) is 4.27. The maximum atomic E-state index is 12.3. The molecule has 1 aliphatic rings. The van der Waals surface area contributed by atoms with Crippen LogP contribution in [0.4, 0.5) is 0 Å². The van der Waals surface area contributed by atoms with E-state index in [9.17, 15) is 9.90 Å². The molecule has 1 saturated heterocycles. The molecule has 1 aromatic heterocycles. The maximum absolute atomic E-state index is 12.3. The van der Waals surface area contributed by atoms with Gasteiger partial charge in [-0.3, -0.25) is 4.90 Å². The third-order valence-electron chi connectivity index (χ3n) is 6.46. The van der Waals surface area contributed by atoms with Crippen LogP contribution in [-0.4, -0.2) is 46.2 Å². The summed E-state index contributed by atoms with van der Waals surface area (Å²) in [5, 5.41) is 14.7. The highest BCUT2D eigenvalue weighted by atomic mass is 16.4. The number of likely N-dealkylation sites (N-methyl/N-ethyl adjacent to an activating group) is 1. The van der Waals surface area contributed by atoms with E-state index in [1.807, 2.05) is 41.0 Å². The zero-order valence-corrected chi connectivity index (χ0v) is 17.9. The minimum atomic E-state index is -0.868. The zero-order chi connectivity index (χ0) is 21.1. The summed E-state index contributed by atoms with van der Waals surface area (Å²) < 4.78 is 1.96. The molecular formula is C25H31N3O2. The maximum Gasteiger partial charge on any atom is 0.352 e. The lowest BCUT2D eigenvalue weighted by Crippen LogP contribution is -2.37. The van der Waals surface area contributed by atoms with Crippen LogP contribution in [0.5, 0.6) is 0 Å². The summed E-state index contributed by atoms with van der Waals surface area (Å²) in [4.78, 5) is 14.9. The van der Waals surface area contributed by atoms with Gasteiger partial charge in [0.15, 0.2) is 0 Å². The minimum absolute atomic E-state index is 0.394. The van der Waals surface area contributed by atoms with Crippen LogP contribution in [-0.2, 0) is 13.1 Å². The van der Waals surface area contributed by atoms with Crippen LogP contribution in [0.2, 0.25) is 0 Å². The normalized spacial score (nSPS) is 17.1. The Morgan fingerprint density at radius 2 is 1.93 bits per heavy atom. The summed E-state index contributed by atoms with van der Waals surface area (Å²) in [5.74, 6) is -0.868. The Hall–Kier alpha value is -2.63. The largest absolute Gasteiger partial charge is 0.477 e. The van der Waals surface area contributed by atoms with Crippen molar-refractivity contribution >= 4 is 16.9 Å². The molecule has 0 unspecified atom stereocenters. The average Bonchev–Trinajstić information content (AvgIpc) is 3.32. The monoisotopic (exact) mass is 405 g/mol. The molecule has 5 heteroatoms. The molecule has 0 saturated carbocycles. The first-order valence-corrected chi connectivity index (χ1v) is 10.9. The number of nitrogens with one attached hydrogen (secondary N) is 1. The third kappa shape index (κ3) is 4.00. The lowest BCUT2D eigenvalue weighted by Gasteiger charge is -2.23. The van der Waals surface area contributed by atoms with Gasteiger partial charge in [-0.05, 0) is 50.0 Å². The van der Waals surface area contributed by atoms with E-state index in [0.717, 1.165) is 35.1 Å². The van der Waals surface area contributed by atoms with Crippen LogP contribution in [0.1, 0.15) is 46.9 Å². The van der Waals surface area contributed by atoms with Gasteiger partial charge in [-0.2, -0.15) is 0 Å². The van der Waals surface area contributed by atoms with Crippen LogP contribution >= 0.6 is 0 Å². The average molecular weight is 406 g/mol. The van der Waals surface area contributed by atoms with Crippen LogP contribution in [0.25, 0.3) is 10.9 Å². The summed E-state index contributed by atoms with van der Waals surface area (Å²) in [5.41, 5.74) is 4.57. The fourth-order valence-electron chi connectivity index (χ4n) is 4.83. The third-order valence-corrected chi connectivity index (χ3v) is 6.46. The SMILES string of the molecule is CCN1CCC[C@H]1CNCc1c(C(=O)O)n(Cc2ccccc2C)c2ccccc12. The number of carboxylic acid groups (broad SMARTS) is 1. The highest BCUT2D eigenvalue weighted by Crippen LogP contribution is 2.28. The number of para-hydroxylation sites is 1. The Morgan fingerprint density at radius 1 is 1.17 bits per heavy atom. The van der Waals surface area contributed by atoms with E-state index in [1.54, 1.807) is 0 Å². The second-order valence-electron chi connectivity index (χ2n) is 8.22. The molecule has 1 aliphatic heterocycles. The molecule has 30 heavy (non-hydrogen) atoms. The number of aromatic carboxylic acids is 1. The van der Waals surface area contributed by atoms with E-state index in [-0.39, 0.29) is 0 Å². The first-order chi connectivity index (χ1) is 14.6. The Kier molecular flexibility index (Phi) is 6.21. The standard InChI is InChI=1S/C25H31N3O2/c1-3-27-14-8-11-20(27)15-26-16-22-21-12-6-7-13-23(21)28(24(22)25(29)30)17-19-10-5-4-9-18(19)2/h4-7,9-10,12-13,20,26H,3,8,11,14-17H2,1-2H3,(H,29,30)/t20-/m0/s1. The molecule has 2 heterocycles. The number of aryl methyl sites for hydroxylation is 1. The van der Waals surface area contributed by atoms with Gasteiger partial charge in [0, 0.05) is 42.1 Å². The first-order valence-electron chi connectivity index (χ1n) is 10.9. The van der Waals surface area contributed by atoms with Crippen molar-refractivity contribution in [1.82, 2.24) is 14.8 Å². The smallest absolute Gasteiger partial charge is 0.352 e. The van der Waals surface area contributed by atoms with Crippen LogP contribution in [0, 0.1) is 6.92 Å². The van der Waals surface area contributed by atoms with Gasteiger partial charge in [-0.25, -0.2) is 4.79 Å². The second kappa shape index (κ2) is 9.02. The minimum Gasteiger partial charge on any atom is -0.477 e. The van der Waals surface area contributed by atoms with Crippen molar-refractivity contribution in [2.45, 2.75) is 45.8 Å². The van der Waals surface area contributed by atoms with Gasteiger partial charge in [0.2, 0.25) is 0 Å². The zero-order valence-electron chi connectivity index (χ0n) is 17.9. The number of fused-ring (bicyclic) bond motifs is 1. The number of benzene rings is 2. The van der Waals surface area contributed by atoms with E-state index < -0.39 is 5.97 Å². The number of aromatic nitrogens is 1. The first kappa shape index (κ1) is 20.6. The molecule has 2 N–H and O–H groups in total. The summed E-state index contributed by atoms with van der Waals surface area (Å²) in [6.45, 7) is 8.54. The van der Waals surface area contributed by atoms with E-state index >= 15 is 0 Å². The van der Waals surface area contributed by atoms with E-state index in [0.29, 0.717) is 24.8 Å². The molecule has 5 nitrogen and oxygen atoms in total. The van der Waals surface area contributed by atoms with E-state index in [4.69, 9.17) is 0 Å². The molecule has 2 aromatic carbocycles. The van der Waals surface area contributed by atoms with Crippen molar-refractivity contribution in [2.24, 2.45) is 0 Å². The Balaban J connectivity index is 1.66. The molecule has 0 amide bonds. The van der Waals surface area contributed by atoms with Crippen LogP contribution in [0.3, 0.4) is 0 Å². The van der Waals surface area contributed by atoms with Crippen LogP contribution in [0.15, 0.2) is 48.5 Å². The van der Waals surface area contributed by atoms with Gasteiger partial charge in [0.05, 0.1) is 0 Å². The molecule has 3 aromatic rings. The van der Waals surface area contributed by atoms with Gasteiger partial charge in [-0.15, -0.1) is 0 Å².